The molecule has 3 fully saturated rings. The van der Waals surface area contributed by atoms with Gasteiger partial charge in [-0.05, 0) is 58.3 Å². The second-order valence-electron chi connectivity index (χ2n) is 11.8. The van der Waals surface area contributed by atoms with E-state index in [0.717, 1.165) is 12.8 Å². The van der Waals surface area contributed by atoms with Crippen LogP contribution in [-0.4, -0.2) is 75.7 Å². The molecule has 1 spiro atoms. The summed E-state index contributed by atoms with van der Waals surface area (Å²) in [6, 6.07) is -0.817. The highest BCUT2D eigenvalue weighted by Gasteiger charge is 2.76. The van der Waals surface area contributed by atoms with Gasteiger partial charge in [0.05, 0.1) is 24.5 Å². The first-order valence-electron chi connectivity index (χ1n) is 12.5. The number of carbonyl (C=O) groups excluding carboxylic acids is 3. The van der Waals surface area contributed by atoms with Gasteiger partial charge >= 0.3 is 5.97 Å². The minimum Gasteiger partial charge on any atom is -0.466 e. The molecule has 34 heavy (non-hydrogen) atoms. The molecule has 0 aromatic rings. The number of unbranched alkanes of at least 4 members (excludes halogenated alkanes) is 2. The summed E-state index contributed by atoms with van der Waals surface area (Å²) in [6.45, 7) is 12.8. The van der Waals surface area contributed by atoms with Crippen LogP contribution < -0.4 is 5.32 Å². The van der Waals surface area contributed by atoms with E-state index in [-0.39, 0.29) is 35.3 Å². The van der Waals surface area contributed by atoms with Crippen molar-refractivity contribution in [3.63, 3.8) is 0 Å². The number of esters is 1. The van der Waals surface area contributed by atoms with Crippen LogP contribution in [-0.2, 0) is 23.9 Å². The standard InChI is InChI=1S/C25H41BrN2O6/c1-7-33-22(32)16-17-21(31)28(11-9-8-10-12-29)19(25(17)13-15(26)18(16)34-25)20(30)27-24(5,6)14-23(2,3)4/h15-19,29H,7-14H2,1-6H3,(H,27,30)/t15?,16-,17+,18-,19?,25?/m1/s1. The summed E-state index contributed by atoms with van der Waals surface area (Å²) >= 11 is 3.66. The summed E-state index contributed by atoms with van der Waals surface area (Å²) in [6.07, 6.45) is 2.79. The lowest BCUT2D eigenvalue weighted by Gasteiger charge is -2.38. The van der Waals surface area contributed by atoms with Crippen LogP contribution in [0.15, 0.2) is 0 Å². The molecular weight excluding hydrogens is 504 g/mol. The van der Waals surface area contributed by atoms with E-state index in [0.29, 0.717) is 25.8 Å². The number of alkyl halides is 1. The van der Waals surface area contributed by atoms with Gasteiger partial charge in [-0.2, -0.15) is 0 Å². The number of aliphatic hydroxyl groups excluding tert-OH is 1. The Morgan fingerprint density at radius 2 is 1.91 bits per heavy atom. The van der Waals surface area contributed by atoms with Crippen LogP contribution in [0.25, 0.3) is 0 Å². The lowest BCUT2D eigenvalue weighted by molar-refractivity contribution is -0.154. The Balaban J connectivity index is 1.94. The summed E-state index contributed by atoms with van der Waals surface area (Å²) in [5.41, 5.74) is -1.54. The number of carbonyl (C=O) groups is 3. The van der Waals surface area contributed by atoms with Gasteiger partial charge < -0.3 is 24.8 Å². The molecule has 9 heteroatoms. The molecule has 3 rings (SSSR count). The minimum absolute atomic E-state index is 0.00531. The molecule has 3 heterocycles. The number of nitrogens with one attached hydrogen (secondary N) is 1. The maximum atomic E-state index is 13.9. The van der Waals surface area contributed by atoms with Gasteiger partial charge in [0, 0.05) is 23.5 Å². The van der Waals surface area contributed by atoms with Crippen LogP contribution in [0.3, 0.4) is 0 Å². The van der Waals surface area contributed by atoms with Crippen molar-refractivity contribution in [3.05, 3.63) is 0 Å². The number of ether oxygens (including phenoxy) is 2. The van der Waals surface area contributed by atoms with E-state index in [4.69, 9.17) is 14.6 Å². The normalized spacial score (nSPS) is 32.8. The highest BCUT2D eigenvalue weighted by atomic mass is 79.9. The third-order valence-electron chi connectivity index (χ3n) is 7.09. The molecule has 2 amide bonds. The Labute approximate surface area is 211 Å². The molecule has 0 aromatic carbocycles. The number of aliphatic hydroxyl groups is 1. The summed E-state index contributed by atoms with van der Waals surface area (Å²) in [5.74, 6) is -2.35. The van der Waals surface area contributed by atoms with Gasteiger partial charge in [0.25, 0.3) is 0 Å². The second-order valence-corrected chi connectivity index (χ2v) is 13.0. The van der Waals surface area contributed by atoms with Gasteiger partial charge in [0.15, 0.2) is 0 Å². The van der Waals surface area contributed by atoms with Gasteiger partial charge in [-0.3, -0.25) is 14.4 Å². The molecule has 6 atom stereocenters. The number of rotatable bonds is 10. The molecule has 0 aromatic heterocycles. The Bertz CT molecular complexity index is 797. The molecular formula is C25H41BrN2O6. The van der Waals surface area contributed by atoms with Crippen molar-refractivity contribution in [2.45, 2.75) is 102 Å². The second kappa shape index (κ2) is 10.1. The van der Waals surface area contributed by atoms with Crippen LogP contribution >= 0.6 is 15.9 Å². The number of fused-ring (bicyclic) bond motifs is 1. The maximum absolute atomic E-state index is 13.9. The predicted octanol–water partition coefficient (Wildman–Crippen LogP) is 2.79. The Kier molecular flexibility index (Phi) is 8.10. The number of halogens is 1. The van der Waals surface area contributed by atoms with Crippen molar-refractivity contribution in [2.75, 3.05) is 19.8 Å². The average Bonchev–Trinajstić information content (AvgIpc) is 3.26. The quantitative estimate of drug-likeness (QED) is 0.249. The summed E-state index contributed by atoms with van der Waals surface area (Å²) in [4.78, 5) is 42.0. The molecule has 0 radical (unpaired) electrons. The Hall–Kier alpha value is -1.19. The summed E-state index contributed by atoms with van der Waals surface area (Å²) in [5, 5.41) is 12.3. The number of nitrogens with zero attached hydrogens (tertiary/aromatic N) is 1. The molecule has 3 unspecified atom stereocenters. The van der Waals surface area contributed by atoms with Crippen molar-refractivity contribution >= 4 is 33.7 Å². The first-order chi connectivity index (χ1) is 15.8. The van der Waals surface area contributed by atoms with E-state index in [9.17, 15) is 14.4 Å². The largest absolute Gasteiger partial charge is 0.466 e. The van der Waals surface area contributed by atoms with E-state index in [1.807, 2.05) is 13.8 Å². The zero-order valence-electron chi connectivity index (χ0n) is 21.4. The summed E-state index contributed by atoms with van der Waals surface area (Å²) in [7, 11) is 0. The highest BCUT2D eigenvalue weighted by Crippen LogP contribution is 2.60. The summed E-state index contributed by atoms with van der Waals surface area (Å²) < 4.78 is 11.8. The number of hydrogen-bond donors (Lipinski definition) is 2. The van der Waals surface area contributed by atoms with Crippen molar-refractivity contribution in [1.82, 2.24) is 10.2 Å². The Morgan fingerprint density at radius 3 is 2.50 bits per heavy atom. The zero-order valence-corrected chi connectivity index (χ0v) is 22.9. The maximum Gasteiger partial charge on any atom is 0.312 e. The number of amides is 2. The molecule has 194 valence electrons. The van der Waals surface area contributed by atoms with Crippen LogP contribution in [0.2, 0.25) is 0 Å². The van der Waals surface area contributed by atoms with Crippen LogP contribution in [0.1, 0.15) is 73.6 Å². The van der Waals surface area contributed by atoms with Crippen LogP contribution in [0.4, 0.5) is 0 Å². The zero-order chi connectivity index (χ0) is 25.5. The van der Waals surface area contributed by atoms with Crippen molar-refractivity contribution in [2.24, 2.45) is 17.3 Å². The molecule has 2 N–H and O–H groups in total. The fourth-order valence-electron chi connectivity index (χ4n) is 6.52. The van der Waals surface area contributed by atoms with Crippen LogP contribution in [0, 0.1) is 17.3 Å². The van der Waals surface area contributed by atoms with Crippen molar-refractivity contribution in [1.29, 1.82) is 0 Å². The van der Waals surface area contributed by atoms with E-state index in [1.54, 1.807) is 11.8 Å². The molecule has 3 aliphatic heterocycles. The third-order valence-corrected chi connectivity index (χ3v) is 7.93. The van der Waals surface area contributed by atoms with E-state index in [1.165, 1.54) is 0 Å². The van der Waals surface area contributed by atoms with Gasteiger partial charge in [-0.1, -0.05) is 36.7 Å². The third kappa shape index (κ3) is 5.16. The fourth-order valence-corrected chi connectivity index (χ4v) is 7.46. The lowest BCUT2D eigenvalue weighted by Crippen LogP contribution is -2.59. The van der Waals surface area contributed by atoms with E-state index in [2.05, 4.69) is 42.0 Å². The average molecular weight is 546 g/mol. The van der Waals surface area contributed by atoms with Gasteiger partial charge in [0.2, 0.25) is 11.8 Å². The molecule has 8 nitrogen and oxygen atoms in total. The van der Waals surface area contributed by atoms with Crippen molar-refractivity contribution in [3.8, 4) is 0 Å². The van der Waals surface area contributed by atoms with Gasteiger partial charge in [-0.25, -0.2) is 0 Å². The number of hydrogen-bond acceptors (Lipinski definition) is 6. The first-order valence-corrected chi connectivity index (χ1v) is 13.4. The molecule has 0 saturated carbocycles. The lowest BCUT2D eigenvalue weighted by atomic mass is 9.70. The SMILES string of the molecule is CCOC(=O)[C@H]1[C@@H]2OC3(CC2Br)C(C(=O)NC(C)(C)CC(C)(C)C)N(CCCCCO)C(=O)[C@H]13. The molecule has 3 saturated heterocycles. The van der Waals surface area contributed by atoms with Crippen LogP contribution in [0.5, 0.6) is 0 Å². The molecule has 2 bridgehead atoms. The monoisotopic (exact) mass is 544 g/mol. The van der Waals surface area contributed by atoms with Crippen molar-refractivity contribution < 1.29 is 29.0 Å². The van der Waals surface area contributed by atoms with Gasteiger partial charge in [-0.15, -0.1) is 0 Å². The van der Waals surface area contributed by atoms with E-state index >= 15 is 0 Å². The number of likely N-dealkylation sites (tertiary alicyclic amines) is 1. The minimum atomic E-state index is -1.06. The molecule has 3 aliphatic rings. The smallest absolute Gasteiger partial charge is 0.312 e. The Morgan fingerprint density at radius 1 is 1.24 bits per heavy atom. The van der Waals surface area contributed by atoms with Gasteiger partial charge in [0.1, 0.15) is 11.6 Å². The topological polar surface area (TPSA) is 105 Å². The predicted molar refractivity (Wildman–Crippen MR) is 131 cm³/mol. The molecule has 0 aliphatic carbocycles. The fraction of sp³-hybridized carbons (Fsp3) is 0.880. The first kappa shape index (κ1) is 27.4. The van der Waals surface area contributed by atoms with E-state index < -0.39 is 41.1 Å². The highest BCUT2D eigenvalue weighted by molar-refractivity contribution is 9.09.